The van der Waals surface area contributed by atoms with Gasteiger partial charge in [0.25, 0.3) is 0 Å². The minimum Gasteiger partial charge on any atom is -0.300 e. The first-order valence-electron chi connectivity index (χ1n) is 6.27. The quantitative estimate of drug-likeness (QED) is 0.431. The lowest BCUT2D eigenvalue weighted by molar-refractivity contribution is 0.337. The topological polar surface area (TPSA) is 3.24 Å². The number of hydrogen-bond acceptors (Lipinski definition) is 1. The minimum absolute atomic E-state index is 1.10. The number of nitrogens with zero attached hydrogens (tertiary/aromatic N) is 1. The van der Waals surface area contributed by atoms with Crippen LogP contribution >= 0.6 is 0 Å². The van der Waals surface area contributed by atoms with E-state index in [4.69, 9.17) is 0 Å². The molecule has 0 saturated carbocycles. The van der Waals surface area contributed by atoms with Gasteiger partial charge in [-0.3, -0.25) is 0 Å². The summed E-state index contributed by atoms with van der Waals surface area (Å²) in [6, 6.07) is 0. The normalized spacial score (nSPS) is 13.0. The molecule has 0 spiro atoms. The summed E-state index contributed by atoms with van der Waals surface area (Å²) in [5, 5.41) is 0. The van der Waals surface area contributed by atoms with Crippen molar-refractivity contribution in [1.82, 2.24) is 4.90 Å². The molecule has 1 heteroatoms. The molecule has 88 valence electrons. The van der Waals surface area contributed by atoms with Crippen LogP contribution in [-0.2, 0) is 0 Å². The van der Waals surface area contributed by atoms with Crippen molar-refractivity contribution in [3.05, 3.63) is 23.8 Å². The van der Waals surface area contributed by atoms with Crippen LogP contribution in [0.3, 0.4) is 0 Å². The van der Waals surface area contributed by atoms with Crippen molar-refractivity contribution in [2.75, 3.05) is 19.6 Å². The van der Waals surface area contributed by atoms with Crippen LogP contribution in [0.2, 0.25) is 0 Å². The molecule has 0 unspecified atom stereocenters. The number of likely N-dealkylation sites (N-methyl/N-ethyl adjacent to an activating group) is 1. The molecule has 0 bridgehead atoms. The fourth-order valence-corrected chi connectivity index (χ4v) is 1.39. The zero-order chi connectivity index (χ0) is 11.5. The van der Waals surface area contributed by atoms with Gasteiger partial charge in [0.2, 0.25) is 0 Å². The summed E-state index contributed by atoms with van der Waals surface area (Å²) in [6.45, 7) is 12.2. The lowest BCUT2D eigenvalue weighted by Gasteiger charge is -2.14. The van der Waals surface area contributed by atoms with Crippen molar-refractivity contribution in [3.63, 3.8) is 0 Å². The van der Waals surface area contributed by atoms with E-state index < -0.39 is 0 Å². The largest absolute Gasteiger partial charge is 0.300 e. The van der Waals surface area contributed by atoms with Crippen LogP contribution in [-0.4, -0.2) is 24.5 Å². The minimum atomic E-state index is 1.10. The molecule has 0 aliphatic rings. The van der Waals surface area contributed by atoms with Crippen LogP contribution in [0, 0.1) is 0 Å². The summed E-state index contributed by atoms with van der Waals surface area (Å²) in [5.41, 5.74) is 1.51. The molecule has 0 aromatic heterocycles. The van der Waals surface area contributed by atoms with Gasteiger partial charge >= 0.3 is 0 Å². The molecule has 0 rings (SSSR count). The van der Waals surface area contributed by atoms with E-state index in [-0.39, 0.29) is 0 Å². The van der Waals surface area contributed by atoms with Crippen molar-refractivity contribution in [2.24, 2.45) is 0 Å². The Balaban J connectivity index is 3.54. The highest BCUT2D eigenvalue weighted by Gasteiger charge is 1.92. The van der Waals surface area contributed by atoms with Crippen molar-refractivity contribution >= 4 is 0 Å². The predicted molar refractivity (Wildman–Crippen MR) is 70.2 cm³/mol. The highest BCUT2D eigenvalue weighted by molar-refractivity contribution is 4.98. The monoisotopic (exact) mass is 209 g/mol. The molecule has 0 aliphatic carbocycles. The SMILES string of the molecule is CCC(C)=CCCC=CCN(CC)CC. The number of allylic oxidation sites excluding steroid dienone is 3. The van der Waals surface area contributed by atoms with Gasteiger partial charge in [-0.2, -0.15) is 0 Å². The highest BCUT2D eigenvalue weighted by atomic mass is 15.1. The molecule has 0 saturated heterocycles. The van der Waals surface area contributed by atoms with Crippen molar-refractivity contribution < 1.29 is 0 Å². The fraction of sp³-hybridized carbons (Fsp3) is 0.714. The second-order valence-electron chi connectivity index (χ2n) is 3.94. The summed E-state index contributed by atoms with van der Waals surface area (Å²) < 4.78 is 0. The van der Waals surface area contributed by atoms with Crippen molar-refractivity contribution in [3.8, 4) is 0 Å². The van der Waals surface area contributed by atoms with Gasteiger partial charge in [-0.1, -0.05) is 44.6 Å². The van der Waals surface area contributed by atoms with Crippen LogP contribution in [0.5, 0.6) is 0 Å². The molecular formula is C14H27N. The molecule has 0 aliphatic heterocycles. The molecule has 0 aromatic rings. The van der Waals surface area contributed by atoms with E-state index in [1.165, 1.54) is 24.8 Å². The smallest absolute Gasteiger partial charge is 0.0162 e. The number of unbranched alkanes of at least 4 members (excludes halogenated alkanes) is 1. The molecule has 0 atom stereocenters. The van der Waals surface area contributed by atoms with Crippen LogP contribution in [0.25, 0.3) is 0 Å². The third kappa shape index (κ3) is 8.44. The van der Waals surface area contributed by atoms with Crippen molar-refractivity contribution in [1.29, 1.82) is 0 Å². The van der Waals surface area contributed by atoms with Gasteiger partial charge in [-0.15, -0.1) is 0 Å². The first-order valence-corrected chi connectivity index (χ1v) is 6.27. The van der Waals surface area contributed by atoms with E-state index in [0.29, 0.717) is 0 Å². The van der Waals surface area contributed by atoms with E-state index >= 15 is 0 Å². The highest BCUT2D eigenvalue weighted by Crippen LogP contribution is 2.02. The second-order valence-corrected chi connectivity index (χ2v) is 3.94. The Kier molecular flexibility index (Phi) is 9.60. The summed E-state index contributed by atoms with van der Waals surface area (Å²) in [4.78, 5) is 2.42. The number of hydrogen-bond donors (Lipinski definition) is 0. The molecule has 15 heavy (non-hydrogen) atoms. The molecule has 0 N–H and O–H groups in total. The van der Waals surface area contributed by atoms with Gasteiger partial charge in [0.1, 0.15) is 0 Å². The van der Waals surface area contributed by atoms with Gasteiger partial charge in [-0.05, 0) is 39.3 Å². The molecule has 0 fully saturated rings. The summed E-state index contributed by atoms with van der Waals surface area (Å²) in [5.74, 6) is 0. The Morgan fingerprint density at radius 1 is 1.00 bits per heavy atom. The molecule has 0 aromatic carbocycles. The molecule has 0 radical (unpaired) electrons. The van der Waals surface area contributed by atoms with Crippen LogP contribution in [0.15, 0.2) is 23.8 Å². The fourth-order valence-electron chi connectivity index (χ4n) is 1.39. The maximum atomic E-state index is 2.42. The Morgan fingerprint density at radius 3 is 2.20 bits per heavy atom. The zero-order valence-electron chi connectivity index (χ0n) is 10.9. The Labute approximate surface area is 95.9 Å². The summed E-state index contributed by atoms with van der Waals surface area (Å²) in [7, 11) is 0. The van der Waals surface area contributed by atoms with Gasteiger partial charge in [0, 0.05) is 6.54 Å². The lowest BCUT2D eigenvalue weighted by Crippen LogP contribution is -2.22. The maximum absolute atomic E-state index is 2.42. The van der Waals surface area contributed by atoms with Crippen LogP contribution < -0.4 is 0 Å². The molecule has 0 amide bonds. The summed E-state index contributed by atoms with van der Waals surface area (Å²) in [6.07, 6.45) is 10.5. The Hall–Kier alpha value is -0.560. The predicted octanol–water partition coefficient (Wildman–Crippen LogP) is 4.02. The van der Waals surface area contributed by atoms with E-state index in [9.17, 15) is 0 Å². The molecule has 0 heterocycles. The Bertz CT molecular complexity index is 188. The van der Waals surface area contributed by atoms with Crippen LogP contribution in [0.1, 0.15) is 47.0 Å². The summed E-state index contributed by atoms with van der Waals surface area (Å²) >= 11 is 0. The maximum Gasteiger partial charge on any atom is 0.0162 e. The van der Waals surface area contributed by atoms with Gasteiger partial charge in [0.15, 0.2) is 0 Å². The van der Waals surface area contributed by atoms with Crippen LogP contribution in [0.4, 0.5) is 0 Å². The van der Waals surface area contributed by atoms with E-state index in [1.807, 2.05) is 0 Å². The van der Waals surface area contributed by atoms with E-state index in [0.717, 1.165) is 19.6 Å². The third-order valence-corrected chi connectivity index (χ3v) is 2.81. The lowest BCUT2D eigenvalue weighted by atomic mass is 10.1. The van der Waals surface area contributed by atoms with E-state index in [2.05, 4.69) is 50.8 Å². The van der Waals surface area contributed by atoms with E-state index in [1.54, 1.807) is 0 Å². The average Bonchev–Trinajstić information content (AvgIpc) is 2.28. The first-order chi connectivity index (χ1) is 7.24. The van der Waals surface area contributed by atoms with Gasteiger partial charge in [0.05, 0.1) is 0 Å². The standard InChI is InChI=1S/C14H27N/c1-5-14(4)12-10-8-9-11-13-15(6-2)7-3/h9,11-12H,5-8,10,13H2,1-4H3. The second kappa shape index (κ2) is 9.97. The molecular weight excluding hydrogens is 182 g/mol. The first kappa shape index (κ1) is 14.4. The zero-order valence-corrected chi connectivity index (χ0v) is 10.9. The van der Waals surface area contributed by atoms with Crippen molar-refractivity contribution in [2.45, 2.75) is 47.0 Å². The van der Waals surface area contributed by atoms with Gasteiger partial charge < -0.3 is 4.90 Å². The number of rotatable bonds is 8. The van der Waals surface area contributed by atoms with Gasteiger partial charge in [-0.25, -0.2) is 0 Å². The molecule has 1 nitrogen and oxygen atoms in total. The third-order valence-electron chi connectivity index (χ3n) is 2.81. The Morgan fingerprint density at radius 2 is 1.67 bits per heavy atom. The average molecular weight is 209 g/mol.